The molecule has 0 aliphatic heterocycles. The van der Waals surface area contributed by atoms with Crippen LogP contribution in [0.4, 0.5) is 0 Å². The quantitative estimate of drug-likeness (QED) is 0.550. The van der Waals surface area contributed by atoms with Crippen LogP contribution in [-0.4, -0.2) is 6.10 Å². The molecule has 0 spiro atoms. The minimum atomic E-state index is 0.240. The van der Waals surface area contributed by atoms with Gasteiger partial charge in [-0.15, -0.1) is 0 Å². The second kappa shape index (κ2) is 3.45. The summed E-state index contributed by atoms with van der Waals surface area (Å²) in [5.41, 5.74) is 3.08. The first-order valence-electron chi connectivity index (χ1n) is 4.00. The summed E-state index contributed by atoms with van der Waals surface area (Å²) in [5.74, 6) is 1.34. The molecule has 0 amide bonds. The van der Waals surface area contributed by atoms with Gasteiger partial charge in [0.25, 0.3) is 0 Å². The lowest BCUT2D eigenvalue weighted by Crippen LogP contribution is -2.01. The Balaban J connectivity index is 2.61. The van der Waals surface area contributed by atoms with Crippen LogP contribution in [0.25, 0.3) is 0 Å². The molecular formula is C10H14O. The van der Waals surface area contributed by atoms with Gasteiger partial charge in [-0.2, -0.15) is 0 Å². The first-order valence-corrected chi connectivity index (χ1v) is 4.00. The molecule has 1 unspecified atom stereocenters. The van der Waals surface area contributed by atoms with Gasteiger partial charge in [-0.05, 0) is 26.0 Å². The summed E-state index contributed by atoms with van der Waals surface area (Å²) in [7, 11) is 0. The van der Waals surface area contributed by atoms with E-state index >= 15 is 0 Å². The first-order chi connectivity index (χ1) is 5.18. The Hall–Kier alpha value is -0.940. The smallest absolute Gasteiger partial charge is 0.162 e. The van der Waals surface area contributed by atoms with Gasteiger partial charge in [0.2, 0.25) is 0 Å². The topological polar surface area (TPSA) is 9.23 Å². The van der Waals surface area contributed by atoms with Gasteiger partial charge >= 0.3 is 0 Å². The van der Waals surface area contributed by atoms with E-state index in [0.29, 0.717) is 5.92 Å². The number of hydrogen-bond donors (Lipinski definition) is 0. The standard InChI is InChI=1S/C10H14O/c1-8(2)11-10-6-4-9(3)5-7-10/h4-6,8-9H,1-3H3. The maximum Gasteiger partial charge on any atom is 0.162 e. The molecule has 11 heavy (non-hydrogen) atoms. The van der Waals surface area contributed by atoms with Gasteiger partial charge < -0.3 is 4.74 Å². The predicted octanol–water partition coefficient (Wildman–Crippen LogP) is 2.66. The molecule has 0 aromatic carbocycles. The zero-order valence-corrected chi connectivity index (χ0v) is 7.29. The molecule has 0 N–H and O–H groups in total. The van der Waals surface area contributed by atoms with E-state index in [9.17, 15) is 0 Å². The summed E-state index contributed by atoms with van der Waals surface area (Å²) >= 11 is 0. The summed E-state index contributed by atoms with van der Waals surface area (Å²) < 4.78 is 5.43. The normalized spacial score (nSPS) is 22.2. The monoisotopic (exact) mass is 150 g/mol. The predicted molar refractivity (Wildman–Crippen MR) is 46.1 cm³/mol. The SMILES string of the molecule is CC1C=C=C(OC(C)C)C=C1. The molecule has 0 saturated carbocycles. The van der Waals surface area contributed by atoms with E-state index in [1.54, 1.807) is 0 Å². The van der Waals surface area contributed by atoms with Crippen molar-refractivity contribution in [3.05, 3.63) is 29.7 Å². The average Bonchev–Trinajstić information content (AvgIpc) is 1.93. The van der Waals surface area contributed by atoms with Crippen molar-refractivity contribution in [2.45, 2.75) is 26.9 Å². The van der Waals surface area contributed by atoms with Gasteiger partial charge in [0.1, 0.15) is 0 Å². The third kappa shape index (κ3) is 2.65. The van der Waals surface area contributed by atoms with E-state index < -0.39 is 0 Å². The van der Waals surface area contributed by atoms with Crippen molar-refractivity contribution in [1.29, 1.82) is 0 Å². The Labute approximate surface area is 68.1 Å². The Morgan fingerprint density at radius 3 is 2.73 bits per heavy atom. The van der Waals surface area contributed by atoms with Crippen molar-refractivity contribution in [2.75, 3.05) is 0 Å². The lowest BCUT2D eigenvalue weighted by Gasteiger charge is -2.10. The van der Waals surface area contributed by atoms with Gasteiger partial charge in [-0.25, -0.2) is 0 Å². The molecule has 0 radical (unpaired) electrons. The highest BCUT2D eigenvalue weighted by Crippen LogP contribution is 2.11. The van der Waals surface area contributed by atoms with Crippen LogP contribution in [0, 0.1) is 5.92 Å². The van der Waals surface area contributed by atoms with Crippen molar-refractivity contribution in [1.82, 2.24) is 0 Å². The molecule has 0 heterocycles. The second-order valence-corrected chi connectivity index (χ2v) is 3.06. The molecule has 0 aromatic heterocycles. The lowest BCUT2D eigenvalue weighted by atomic mass is 10.1. The fourth-order valence-corrected chi connectivity index (χ4v) is 0.884. The molecule has 1 rings (SSSR count). The van der Waals surface area contributed by atoms with Gasteiger partial charge in [-0.3, -0.25) is 0 Å². The minimum absolute atomic E-state index is 0.240. The first kappa shape index (κ1) is 8.16. The van der Waals surface area contributed by atoms with E-state index in [1.165, 1.54) is 0 Å². The third-order valence-corrected chi connectivity index (χ3v) is 1.40. The molecule has 0 bridgehead atoms. The van der Waals surface area contributed by atoms with Crippen molar-refractivity contribution in [3.63, 3.8) is 0 Å². The number of hydrogen-bond acceptors (Lipinski definition) is 1. The van der Waals surface area contributed by atoms with Gasteiger partial charge in [0.15, 0.2) is 5.76 Å². The van der Waals surface area contributed by atoms with Crippen LogP contribution in [0.15, 0.2) is 29.7 Å². The van der Waals surface area contributed by atoms with Gasteiger partial charge in [-0.1, -0.05) is 18.7 Å². The Morgan fingerprint density at radius 2 is 2.27 bits per heavy atom. The summed E-state index contributed by atoms with van der Waals surface area (Å²) in [6, 6.07) is 0. The molecule has 0 saturated heterocycles. The molecule has 1 heteroatoms. The maximum atomic E-state index is 5.43. The van der Waals surface area contributed by atoms with Crippen LogP contribution in [0.2, 0.25) is 0 Å². The molecule has 1 aliphatic carbocycles. The van der Waals surface area contributed by atoms with Crippen LogP contribution in [0.1, 0.15) is 20.8 Å². The lowest BCUT2D eigenvalue weighted by molar-refractivity contribution is 0.158. The molecule has 1 atom stereocenters. The Bertz CT molecular complexity index is 217. The van der Waals surface area contributed by atoms with Crippen molar-refractivity contribution in [3.8, 4) is 0 Å². The van der Waals surface area contributed by atoms with Crippen molar-refractivity contribution in [2.24, 2.45) is 5.92 Å². The number of ether oxygens (including phenoxy) is 1. The Kier molecular flexibility index (Phi) is 2.56. The van der Waals surface area contributed by atoms with E-state index in [2.05, 4.69) is 18.7 Å². The molecule has 1 nitrogen and oxygen atoms in total. The van der Waals surface area contributed by atoms with E-state index in [1.807, 2.05) is 26.0 Å². The molecular weight excluding hydrogens is 136 g/mol. The van der Waals surface area contributed by atoms with Gasteiger partial charge in [0, 0.05) is 5.92 Å². The maximum absolute atomic E-state index is 5.43. The van der Waals surface area contributed by atoms with Crippen LogP contribution < -0.4 is 0 Å². The van der Waals surface area contributed by atoms with Crippen molar-refractivity contribution < 1.29 is 4.74 Å². The average molecular weight is 150 g/mol. The van der Waals surface area contributed by atoms with Crippen LogP contribution in [0.3, 0.4) is 0 Å². The van der Waals surface area contributed by atoms with Gasteiger partial charge in [0.05, 0.1) is 6.10 Å². The minimum Gasteiger partial charge on any atom is -0.484 e. The zero-order valence-electron chi connectivity index (χ0n) is 7.29. The summed E-state index contributed by atoms with van der Waals surface area (Å²) in [6.07, 6.45) is 6.33. The number of rotatable bonds is 2. The van der Waals surface area contributed by atoms with E-state index in [4.69, 9.17) is 4.74 Å². The van der Waals surface area contributed by atoms with Crippen LogP contribution in [-0.2, 0) is 4.74 Å². The molecule has 0 aromatic rings. The molecule has 60 valence electrons. The summed E-state index contributed by atoms with van der Waals surface area (Å²) in [4.78, 5) is 0. The van der Waals surface area contributed by atoms with Crippen LogP contribution in [0.5, 0.6) is 0 Å². The highest BCUT2D eigenvalue weighted by Gasteiger charge is 2.00. The largest absolute Gasteiger partial charge is 0.484 e. The summed E-state index contributed by atoms with van der Waals surface area (Å²) in [6.45, 7) is 6.15. The highest BCUT2D eigenvalue weighted by atomic mass is 16.5. The number of allylic oxidation sites excluding steroid dienone is 2. The zero-order chi connectivity index (χ0) is 8.27. The van der Waals surface area contributed by atoms with E-state index in [0.717, 1.165) is 5.76 Å². The van der Waals surface area contributed by atoms with Crippen LogP contribution >= 0.6 is 0 Å². The third-order valence-electron chi connectivity index (χ3n) is 1.40. The Morgan fingerprint density at radius 1 is 1.55 bits per heavy atom. The molecule has 0 fully saturated rings. The van der Waals surface area contributed by atoms with Crippen molar-refractivity contribution >= 4 is 0 Å². The fourth-order valence-electron chi connectivity index (χ4n) is 0.884. The van der Waals surface area contributed by atoms with E-state index in [-0.39, 0.29) is 6.10 Å². The molecule has 1 aliphatic rings. The summed E-state index contributed by atoms with van der Waals surface area (Å²) in [5, 5.41) is 0. The second-order valence-electron chi connectivity index (χ2n) is 3.06. The fraction of sp³-hybridized carbons (Fsp3) is 0.500. The highest BCUT2D eigenvalue weighted by molar-refractivity contribution is 5.19.